The Balaban J connectivity index is 2.63. The van der Waals surface area contributed by atoms with Gasteiger partial charge in [0.1, 0.15) is 0 Å². The monoisotopic (exact) mass is 267 g/mol. The van der Waals surface area contributed by atoms with Crippen LogP contribution in [0.5, 0.6) is 0 Å². The number of hydrogen-bond acceptors (Lipinski definition) is 4. The van der Waals surface area contributed by atoms with Crippen molar-refractivity contribution in [3.8, 4) is 0 Å². The molecule has 0 aliphatic carbocycles. The molecular formula is C13H21N3OS. The van der Waals surface area contributed by atoms with E-state index in [9.17, 15) is 4.79 Å². The Kier molecular flexibility index (Phi) is 6.01. The molecule has 0 saturated heterocycles. The average Bonchev–Trinajstić information content (AvgIpc) is 2.38. The highest BCUT2D eigenvalue weighted by Crippen LogP contribution is 2.16. The molecule has 1 amide bonds. The van der Waals surface area contributed by atoms with E-state index in [2.05, 4.69) is 23.9 Å². The van der Waals surface area contributed by atoms with Gasteiger partial charge in [-0.2, -0.15) is 11.8 Å². The topological polar surface area (TPSA) is 67.2 Å². The lowest BCUT2D eigenvalue weighted by molar-refractivity contribution is 0.0954. The first-order valence-corrected chi connectivity index (χ1v) is 7.25. The number of anilines is 1. The Morgan fingerprint density at radius 2 is 2.22 bits per heavy atom. The first-order valence-electron chi connectivity index (χ1n) is 5.96. The number of aryl methyl sites for hydroxylation is 1. The van der Waals surface area contributed by atoms with Crippen LogP contribution in [-0.4, -0.2) is 24.0 Å². The van der Waals surface area contributed by atoms with Gasteiger partial charge in [0.05, 0.1) is 11.3 Å². The third kappa shape index (κ3) is 4.23. The molecule has 1 aromatic rings. The number of nitrogen functional groups attached to an aromatic ring is 1. The molecule has 0 aliphatic heterocycles. The molecule has 18 heavy (non-hydrogen) atoms. The van der Waals surface area contributed by atoms with Gasteiger partial charge in [-0.15, -0.1) is 0 Å². The minimum atomic E-state index is -0.0834. The van der Waals surface area contributed by atoms with E-state index in [1.807, 2.05) is 25.1 Å². The van der Waals surface area contributed by atoms with Crippen LogP contribution < -0.4 is 16.6 Å². The van der Waals surface area contributed by atoms with Gasteiger partial charge in [-0.3, -0.25) is 10.6 Å². The molecule has 0 aromatic heterocycles. The van der Waals surface area contributed by atoms with Crippen LogP contribution in [0.2, 0.25) is 0 Å². The van der Waals surface area contributed by atoms with Gasteiger partial charge in [-0.05, 0) is 31.7 Å². The summed E-state index contributed by atoms with van der Waals surface area (Å²) in [4.78, 5) is 12.0. The van der Waals surface area contributed by atoms with E-state index < -0.39 is 0 Å². The molecule has 0 spiro atoms. The highest BCUT2D eigenvalue weighted by molar-refractivity contribution is 7.99. The van der Waals surface area contributed by atoms with Crippen molar-refractivity contribution in [2.45, 2.75) is 25.5 Å². The van der Waals surface area contributed by atoms with Crippen LogP contribution >= 0.6 is 11.8 Å². The summed E-state index contributed by atoms with van der Waals surface area (Å²) in [5, 5.41) is 3.47. The highest BCUT2D eigenvalue weighted by atomic mass is 32.2. The SMILES string of the molecule is CSC(C)CCNC(=O)c1cc(C)ccc1NN. The average molecular weight is 267 g/mol. The summed E-state index contributed by atoms with van der Waals surface area (Å²) in [5.41, 5.74) is 4.83. The Bertz CT molecular complexity index is 409. The molecule has 1 rings (SSSR count). The zero-order valence-corrected chi connectivity index (χ0v) is 11.9. The van der Waals surface area contributed by atoms with E-state index in [0.29, 0.717) is 23.0 Å². The van der Waals surface area contributed by atoms with E-state index in [-0.39, 0.29) is 5.91 Å². The van der Waals surface area contributed by atoms with Crippen LogP contribution in [0.4, 0.5) is 5.69 Å². The van der Waals surface area contributed by atoms with Gasteiger partial charge in [-0.25, -0.2) is 0 Å². The van der Waals surface area contributed by atoms with Crippen LogP contribution in [0.15, 0.2) is 18.2 Å². The fourth-order valence-corrected chi connectivity index (χ4v) is 1.93. The summed E-state index contributed by atoms with van der Waals surface area (Å²) >= 11 is 1.80. The van der Waals surface area contributed by atoms with Crippen LogP contribution in [0.1, 0.15) is 29.3 Å². The van der Waals surface area contributed by atoms with Gasteiger partial charge < -0.3 is 10.7 Å². The summed E-state index contributed by atoms with van der Waals surface area (Å²) in [6.07, 6.45) is 3.04. The molecule has 1 unspecified atom stereocenters. The van der Waals surface area contributed by atoms with Crippen LogP contribution in [0.3, 0.4) is 0 Å². The van der Waals surface area contributed by atoms with Gasteiger partial charge >= 0.3 is 0 Å². The number of nitrogens with one attached hydrogen (secondary N) is 2. The number of carbonyl (C=O) groups is 1. The molecule has 4 nitrogen and oxygen atoms in total. The van der Waals surface area contributed by atoms with E-state index in [0.717, 1.165) is 12.0 Å². The smallest absolute Gasteiger partial charge is 0.253 e. The van der Waals surface area contributed by atoms with E-state index in [1.54, 1.807) is 11.8 Å². The lowest BCUT2D eigenvalue weighted by Gasteiger charge is -2.12. The second-order valence-corrected chi connectivity index (χ2v) is 5.56. The highest BCUT2D eigenvalue weighted by Gasteiger charge is 2.11. The second kappa shape index (κ2) is 7.28. The Hall–Kier alpha value is -1.20. The maximum absolute atomic E-state index is 12.0. The molecule has 1 atom stereocenters. The summed E-state index contributed by atoms with van der Waals surface area (Å²) in [6.45, 7) is 4.78. The molecule has 1 aromatic carbocycles. The molecular weight excluding hydrogens is 246 g/mol. The van der Waals surface area contributed by atoms with Crippen molar-refractivity contribution in [2.24, 2.45) is 5.84 Å². The summed E-state index contributed by atoms with van der Waals surface area (Å²) < 4.78 is 0. The Morgan fingerprint density at radius 3 is 2.83 bits per heavy atom. The lowest BCUT2D eigenvalue weighted by atomic mass is 10.1. The quantitative estimate of drug-likeness (QED) is 0.546. The number of benzene rings is 1. The van der Waals surface area contributed by atoms with Gasteiger partial charge in [0, 0.05) is 11.8 Å². The van der Waals surface area contributed by atoms with E-state index in [4.69, 9.17) is 5.84 Å². The molecule has 4 N–H and O–H groups in total. The van der Waals surface area contributed by atoms with Gasteiger partial charge in [0.2, 0.25) is 0 Å². The fourth-order valence-electron chi connectivity index (χ4n) is 1.57. The van der Waals surface area contributed by atoms with Crippen molar-refractivity contribution >= 4 is 23.4 Å². The molecule has 100 valence electrons. The number of thioether (sulfide) groups is 1. The second-order valence-electron chi connectivity index (χ2n) is 4.28. The maximum atomic E-state index is 12.0. The van der Waals surface area contributed by atoms with Gasteiger partial charge in [-0.1, -0.05) is 18.6 Å². The van der Waals surface area contributed by atoms with Crippen molar-refractivity contribution in [3.63, 3.8) is 0 Å². The summed E-state index contributed by atoms with van der Waals surface area (Å²) in [7, 11) is 0. The van der Waals surface area contributed by atoms with Gasteiger partial charge in [0.25, 0.3) is 5.91 Å². The largest absolute Gasteiger partial charge is 0.352 e. The third-order valence-electron chi connectivity index (χ3n) is 2.81. The van der Waals surface area contributed by atoms with Gasteiger partial charge in [0.15, 0.2) is 0 Å². The van der Waals surface area contributed by atoms with Crippen molar-refractivity contribution in [1.29, 1.82) is 0 Å². The standard InChI is InChI=1S/C13H21N3OS/c1-9-4-5-12(16-14)11(8-9)13(17)15-7-6-10(2)18-3/h4-5,8,10,16H,6-7,14H2,1-3H3,(H,15,17). The molecule has 0 radical (unpaired) electrons. The van der Waals surface area contributed by atoms with Crippen molar-refractivity contribution in [2.75, 3.05) is 18.2 Å². The van der Waals surface area contributed by atoms with E-state index >= 15 is 0 Å². The lowest BCUT2D eigenvalue weighted by Crippen LogP contribution is -2.27. The molecule has 0 fully saturated rings. The van der Waals surface area contributed by atoms with Crippen LogP contribution in [0.25, 0.3) is 0 Å². The predicted octanol–water partition coefficient (Wildman–Crippen LogP) is 2.15. The predicted molar refractivity (Wildman–Crippen MR) is 78.9 cm³/mol. The number of amides is 1. The first-order chi connectivity index (χ1) is 8.58. The number of hydrazine groups is 1. The summed E-state index contributed by atoms with van der Waals surface area (Å²) in [6, 6.07) is 5.57. The number of carbonyl (C=O) groups excluding carboxylic acids is 1. The van der Waals surface area contributed by atoms with Crippen molar-refractivity contribution in [3.05, 3.63) is 29.3 Å². The van der Waals surface area contributed by atoms with E-state index in [1.165, 1.54) is 0 Å². The number of hydrogen-bond donors (Lipinski definition) is 3. The Labute approximate surface area is 113 Å². The minimum Gasteiger partial charge on any atom is -0.352 e. The van der Waals surface area contributed by atoms with Crippen molar-refractivity contribution in [1.82, 2.24) is 5.32 Å². The molecule has 0 bridgehead atoms. The minimum absolute atomic E-state index is 0.0834. The summed E-state index contributed by atoms with van der Waals surface area (Å²) in [5.74, 6) is 5.32. The zero-order chi connectivity index (χ0) is 13.5. The molecule has 0 saturated carbocycles. The molecule has 0 aliphatic rings. The number of rotatable bonds is 6. The number of nitrogens with two attached hydrogens (primary N) is 1. The third-order valence-corrected chi connectivity index (χ3v) is 3.85. The Morgan fingerprint density at radius 1 is 1.50 bits per heavy atom. The van der Waals surface area contributed by atoms with Crippen LogP contribution in [-0.2, 0) is 0 Å². The first kappa shape index (κ1) is 14.9. The van der Waals surface area contributed by atoms with Crippen LogP contribution in [0, 0.1) is 6.92 Å². The molecule has 0 heterocycles. The van der Waals surface area contributed by atoms with Crippen molar-refractivity contribution < 1.29 is 4.79 Å². The normalized spacial score (nSPS) is 12.0. The fraction of sp³-hybridized carbons (Fsp3) is 0.462. The zero-order valence-electron chi connectivity index (χ0n) is 11.1. The molecule has 5 heteroatoms. The maximum Gasteiger partial charge on any atom is 0.253 e.